The molecule has 0 saturated carbocycles. The van der Waals surface area contributed by atoms with E-state index >= 15 is 0 Å². The second-order valence-electron chi connectivity index (χ2n) is 6.20. The molecule has 0 unspecified atom stereocenters. The molecule has 0 aliphatic rings. The lowest BCUT2D eigenvalue weighted by Crippen LogP contribution is -2.20. The highest BCUT2D eigenvalue weighted by atomic mass is 16.5. The monoisotopic (exact) mass is 343 g/mol. The molecular formula is C20H25NO4. The van der Waals surface area contributed by atoms with Crippen molar-refractivity contribution in [2.45, 2.75) is 20.8 Å². The number of hydrogen-bond acceptors (Lipinski definition) is 4. The SMILES string of the molecule is COc1ccc(NC(=O)COc2cccc(OCC(C)C)c2)c(C)c1. The summed E-state index contributed by atoms with van der Waals surface area (Å²) in [6, 6.07) is 12.8. The van der Waals surface area contributed by atoms with Crippen molar-refractivity contribution < 1.29 is 19.0 Å². The summed E-state index contributed by atoms with van der Waals surface area (Å²) in [5, 5.41) is 2.84. The van der Waals surface area contributed by atoms with Gasteiger partial charge in [0.2, 0.25) is 0 Å². The van der Waals surface area contributed by atoms with Crippen LogP contribution in [0.25, 0.3) is 0 Å². The third-order valence-corrected chi connectivity index (χ3v) is 3.47. The molecule has 5 heteroatoms. The first-order chi connectivity index (χ1) is 12.0. The summed E-state index contributed by atoms with van der Waals surface area (Å²) < 4.78 is 16.4. The highest BCUT2D eigenvalue weighted by Gasteiger charge is 2.07. The highest BCUT2D eigenvalue weighted by molar-refractivity contribution is 5.92. The number of carbonyl (C=O) groups excluding carboxylic acids is 1. The van der Waals surface area contributed by atoms with Crippen molar-refractivity contribution in [1.82, 2.24) is 0 Å². The fourth-order valence-corrected chi connectivity index (χ4v) is 2.16. The molecule has 0 aromatic heterocycles. The molecule has 0 atom stereocenters. The highest BCUT2D eigenvalue weighted by Crippen LogP contribution is 2.22. The Labute approximate surface area is 148 Å². The van der Waals surface area contributed by atoms with E-state index in [-0.39, 0.29) is 12.5 Å². The van der Waals surface area contributed by atoms with E-state index in [2.05, 4.69) is 19.2 Å². The third kappa shape index (κ3) is 6.03. The van der Waals surface area contributed by atoms with Crippen molar-refractivity contribution in [3.63, 3.8) is 0 Å². The number of hydrogen-bond donors (Lipinski definition) is 1. The summed E-state index contributed by atoms with van der Waals surface area (Å²) in [4.78, 5) is 12.1. The molecule has 0 radical (unpaired) electrons. The van der Waals surface area contributed by atoms with Gasteiger partial charge in [0.1, 0.15) is 17.2 Å². The van der Waals surface area contributed by atoms with Gasteiger partial charge in [0.05, 0.1) is 13.7 Å². The van der Waals surface area contributed by atoms with E-state index in [0.29, 0.717) is 18.3 Å². The summed E-state index contributed by atoms with van der Waals surface area (Å²) in [5.41, 5.74) is 1.67. The quantitative estimate of drug-likeness (QED) is 0.785. The molecule has 1 amide bonds. The maximum Gasteiger partial charge on any atom is 0.262 e. The molecule has 2 aromatic rings. The zero-order valence-electron chi connectivity index (χ0n) is 15.2. The molecule has 0 aliphatic heterocycles. The van der Waals surface area contributed by atoms with Crippen LogP contribution in [0, 0.1) is 12.8 Å². The van der Waals surface area contributed by atoms with E-state index in [1.54, 1.807) is 25.3 Å². The Morgan fingerprint density at radius 3 is 2.40 bits per heavy atom. The molecule has 0 heterocycles. The lowest BCUT2D eigenvalue weighted by atomic mass is 10.2. The number of carbonyl (C=O) groups is 1. The van der Waals surface area contributed by atoms with Gasteiger partial charge in [-0.1, -0.05) is 19.9 Å². The van der Waals surface area contributed by atoms with Gasteiger partial charge in [-0.2, -0.15) is 0 Å². The van der Waals surface area contributed by atoms with Gasteiger partial charge in [0, 0.05) is 11.8 Å². The van der Waals surface area contributed by atoms with Gasteiger partial charge in [-0.05, 0) is 48.7 Å². The van der Waals surface area contributed by atoms with E-state index in [0.717, 1.165) is 22.7 Å². The van der Waals surface area contributed by atoms with Crippen LogP contribution in [0.15, 0.2) is 42.5 Å². The lowest BCUT2D eigenvalue weighted by Gasteiger charge is -2.12. The molecule has 0 fully saturated rings. The first kappa shape index (κ1) is 18.6. The minimum absolute atomic E-state index is 0.0703. The normalized spacial score (nSPS) is 10.4. The van der Waals surface area contributed by atoms with Crippen LogP contribution in [0.5, 0.6) is 17.2 Å². The summed E-state index contributed by atoms with van der Waals surface area (Å²) >= 11 is 0. The molecule has 0 spiro atoms. The second kappa shape index (κ2) is 8.97. The van der Waals surface area contributed by atoms with Gasteiger partial charge in [0.15, 0.2) is 6.61 Å². The van der Waals surface area contributed by atoms with Gasteiger partial charge in [-0.25, -0.2) is 0 Å². The molecule has 2 aromatic carbocycles. The zero-order valence-corrected chi connectivity index (χ0v) is 15.2. The van der Waals surface area contributed by atoms with Gasteiger partial charge in [-0.15, -0.1) is 0 Å². The average molecular weight is 343 g/mol. The van der Waals surface area contributed by atoms with E-state index in [4.69, 9.17) is 14.2 Å². The van der Waals surface area contributed by atoms with Crippen molar-refractivity contribution in [1.29, 1.82) is 0 Å². The van der Waals surface area contributed by atoms with E-state index in [1.807, 2.05) is 31.2 Å². The average Bonchev–Trinajstić information content (AvgIpc) is 2.60. The molecule has 0 aliphatic carbocycles. The number of benzene rings is 2. The number of nitrogens with one attached hydrogen (secondary N) is 1. The standard InChI is InChI=1S/C20H25NO4/c1-14(2)12-24-17-6-5-7-18(11-17)25-13-20(22)21-19-9-8-16(23-4)10-15(19)3/h5-11,14H,12-13H2,1-4H3,(H,21,22). The van der Waals surface area contributed by atoms with Crippen molar-refractivity contribution >= 4 is 11.6 Å². The van der Waals surface area contributed by atoms with Crippen molar-refractivity contribution in [2.24, 2.45) is 5.92 Å². The summed E-state index contributed by atoms with van der Waals surface area (Å²) in [5.74, 6) is 2.32. The molecule has 25 heavy (non-hydrogen) atoms. The van der Waals surface area contributed by atoms with Crippen LogP contribution in [0.4, 0.5) is 5.69 Å². The van der Waals surface area contributed by atoms with Gasteiger partial charge in [-0.3, -0.25) is 4.79 Å². The summed E-state index contributed by atoms with van der Waals surface area (Å²) in [6.07, 6.45) is 0. The maximum absolute atomic E-state index is 12.1. The predicted molar refractivity (Wildman–Crippen MR) is 98.6 cm³/mol. The fraction of sp³-hybridized carbons (Fsp3) is 0.350. The predicted octanol–water partition coefficient (Wildman–Crippen LogP) is 4.06. The number of rotatable bonds is 8. The molecule has 0 bridgehead atoms. The molecule has 1 N–H and O–H groups in total. The summed E-state index contributed by atoms with van der Waals surface area (Å²) in [6.45, 7) is 6.66. The molecule has 0 saturated heterocycles. The Morgan fingerprint density at radius 2 is 1.76 bits per heavy atom. The van der Waals surface area contributed by atoms with E-state index in [9.17, 15) is 4.79 Å². The topological polar surface area (TPSA) is 56.8 Å². The number of anilines is 1. The van der Waals surface area contributed by atoms with Crippen LogP contribution in [-0.2, 0) is 4.79 Å². The minimum Gasteiger partial charge on any atom is -0.497 e. The Balaban J connectivity index is 1.88. The second-order valence-corrected chi connectivity index (χ2v) is 6.20. The van der Waals surface area contributed by atoms with Crippen LogP contribution < -0.4 is 19.5 Å². The third-order valence-electron chi connectivity index (χ3n) is 3.47. The Morgan fingerprint density at radius 1 is 1.04 bits per heavy atom. The summed E-state index contributed by atoms with van der Waals surface area (Å²) in [7, 11) is 1.61. The number of ether oxygens (including phenoxy) is 3. The van der Waals surface area contributed by atoms with Crippen LogP contribution in [0.2, 0.25) is 0 Å². The lowest BCUT2D eigenvalue weighted by molar-refractivity contribution is -0.118. The number of methoxy groups -OCH3 is 1. The van der Waals surface area contributed by atoms with Crippen LogP contribution in [-0.4, -0.2) is 26.2 Å². The molecule has 2 rings (SSSR count). The van der Waals surface area contributed by atoms with Crippen LogP contribution >= 0.6 is 0 Å². The first-order valence-corrected chi connectivity index (χ1v) is 8.28. The maximum atomic E-state index is 12.1. The van der Waals surface area contributed by atoms with Crippen molar-refractivity contribution in [3.05, 3.63) is 48.0 Å². The zero-order chi connectivity index (χ0) is 18.2. The molecular weight excluding hydrogens is 318 g/mol. The number of amides is 1. The largest absolute Gasteiger partial charge is 0.497 e. The molecule has 5 nitrogen and oxygen atoms in total. The van der Waals surface area contributed by atoms with Gasteiger partial charge in [0.25, 0.3) is 5.91 Å². The van der Waals surface area contributed by atoms with E-state index < -0.39 is 0 Å². The minimum atomic E-state index is -0.221. The Bertz CT molecular complexity index is 713. The first-order valence-electron chi connectivity index (χ1n) is 8.28. The fourth-order valence-electron chi connectivity index (χ4n) is 2.16. The van der Waals surface area contributed by atoms with Crippen molar-refractivity contribution in [2.75, 3.05) is 25.6 Å². The Kier molecular flexibility index (Phi) is 6.69. The van der Waals surface area contributed by atoms with E-state index in [1.165, 1.54) is 0 Å². The smallest absolute Gasteiger partial charge is 0.262 e. The molecule has 134 valence electrons. The van der Waals surface area contributed by atoms with Gasteiger partial charge >= 0.3 is 0 Å². The Hall–Kier alpha value is -2.69. The van der Waals surface area contributed by atoms with Gasteiger partial charge < -0.3 is 19.5 Å². The van der Waals surface area contributed by atoms with Crippen molar-refractivity contribution in [3.8, 4) is 17.2 Å². The number of aryl methyl sites for hydroxylation is 1. The van der Waals surface area contributed by atoms with Crippen LogP contribution in [0.3, 0.4) is 0 Å². The van der Waals surface area contributed by atoms with Crippen LogP contribution in [0.1, 0.15) is 19.4 Å².